The van der Waals surface area contributed by atoms with Gasteiger partial charge in [0, 0.05) is 6.54 Å². The van der Waals surface area contributed by atoms with Gasteiger partial charge in [0.1, 0.15) is 11.4 Å². The Morgan fingerprint density at radius 2 is 1.67 bits per heavy atom. The van der Waals surface area contributed by atoms with Crippen molar-refractivity contribution in [2.24, 2.45) is 11.8 Å². The van der Waals surface area contributed by atoms with Gasteiger partial charge in [0.15, 0.2) is 0 Å². The van der Waals surface area contributed by atoms with E-state index in [0.29, 0.717) is 0 Å². The van der Waals surface area contributed by atoms with Crippen LogP contribution in [0, 0.1) is 11.8 Å². The lowest BCUT2D eigenvalue weighted by atomic mass is 9.83. The van der Waals surface area contributed by atoms with Crippen molar-refractivity contribution in [2.45, 2.75) is 65.5 Å². The molecule has 2 heteroatoms. The summed E-state index contributed by atoms with van der Waals surface area (Å²) in [5.41, 5.74) is 1.21. The third-order valence-electron chi connectivity index (χ3n) is 4.24. The van der Waals surface area contributed by atoms with Crippen LogP contribution >= 0.6 is 0 Å². The van der Waals surface area contributed by atoms with Crippen molar-refractivity contribution in [3.63, 3.8) is 0 Å². The highest BCUT2D eigenvalue weighted by molar-refractivity contribution is 5.27. The Morgan fingerprint density at radius 1 is 1.05 bits per heavy atom. The Labute approximate surface area is 130 Å². The van der Waals surface area contributed by atoms with Crippen LogP contribution in [0.25, 0.3) is 0 Å². The highest BCUT2D eigenvalue weighted by atomic mass is 16.5. The lowest BCUT2D eigenvalue weighted by molar-refractivity contribution is 0.131. The fourth-order valence-electron chi connectivity index (χ4n) is 2.98. The highest BCUT2D eigenvalue weighted by Gasteiger charge is 2.17. The Bertz CT molecular complexity index is 410. The molecule has 118 valence electrons. The highest BCUT2D eigenvalue weighted by Crippen LogP contribution is 2.27. The smallest absolute Gasteiger partial charge is 0.120 e. The van der Waals surface area contributed by atoms with Crippen molar-refractivity contribution in [1.82, 2.24) is 5.32 Å². The first-order valence-corrected chi connectivity index (χ1v) is 8.41. The molecule has 0 saturated heterocycles. The zero-order valence-electron chi connectivity index (χ0n) is 14.1. The first-order valence-electron chi connectivity index (χ1n) is 8.41. The van der Waals surface area contributed by atoms with Crippen molar-refractivity contribution in [3.05, 3.63) is 29.8 Å². The minimum atomic E-state index is -0.127. The van der Waals surface area contributed by atoms with Crippen LogP contribution in [0.1, 0.15) is 58.9 Å². The monoisotopic (exact) mass is 289 g/mol. The maximum atomic E-state index is 5.85. The van der Waals surface area contributed by atoms with Crippen molar-refractivity contribution in [2.75, 3.05) is 6.54 Å². The fourth-order valence-corrected chi connectivity index (χ4v) is 2.98. The molecule has 0 aromatic heterocycles. The summed E-state index contributed by atoms with van der Waals surface area (Å²) < 4.78 is 5.85. The van der Waals surface area contributed by atoms with Gasteiger partial charge in [0.2, 0.25) is 0 Å². The van der Waals surface area contributed by atoms with Gasteiger partial charge in [0.25, 0.3) is 0 Å². The number of hydrogen-bond donors (Lipinski definition) is 1. The molecule has 0 heterocycles. The molecule has 1 saturated carbocycles. The van der Waals surface area contributed by atoms with E-state index in [2.05, 4.69) is 57.3 Å². The second-order valence-corrected chi connectivity index (χ2v) is 7.62. The number of benzene rings is 1. The molecule has 0 spiro atoms. The van der Waals surface area contributed by atoms with Crippen molar-refractivity contribution in [1.29, 1.82) is 0 Å². The van der Waals surface area contributed by atoms with Crippen LogP contribution in [0.15, 0.2) is 24.3 Å². The molecule has 0 atom stereocenters. The fraction of sp³-hybridized carbons (Fsp3) is 0.684. The summed E-state index contributed by atoms with van der Waals surface area (Å²) in [6, 6.07) is 8.48. The quantitative estimate of drug-likeness (QED) is 0.842. The zero-order valence-corrected chi connectivity index (χ0v) is 14.1. The van der Waals surface area contributed by atoms with Gasteiger partial charge in [-0.3, -0.25) is 0 Å². The normalized spacial score (nSPS) is 23.0. The van der Waals surface area contributed by atoms with E-state index in [4.69, 9.17) is 4.74 Å². The van der Waals surface area contributed by atoms with Crippen LogP contribution < -0.4 is 10.1 Å². The average molecular weight is 289 g/mol. The first-order chi connectivity index (χ1) is 9.92. The molecule has 1 aromatic carbocycles. The number of nitrogens with one attached hydrogen (secondary N) is 1. The first kappa shape index (κ1) is 16.4. The maximum Gasteiger partial charge on any atom is 0.120 e. The topological polar surface area (TPSA) is 21.3 Å². The third-order valence-corrected chi connectivity index (χ3v) is 4.24. The van der Waals surface area contributed by atoms with E-state index in [1.807, 2.05) is 0 Å². The molecule has 0 bridgehead atoms. The molecule has 1 aliphatic rings. The summed E-state index contributed by atoms with van der Waals surface area (Å²) in [4.78, 5) is 0. The molecule has 0 amide bonds. The van der Waals surface area contributed by atoms with Crippen molar-refractivity contribution in [3.8, 4) is 5.75 Å². The predicted molar refractivity (Wildman–Crippen MR) is 89.7 cm³/mol. The second kappa shape index (κ2) is 7.31. The Hall–Kier alpha value is -1.02. The lowest BCUT2D eigenvalue weighted by Crippen LogP contribution is -2.25. The zero-order chi connectivity index (χ0) is 15.3. The molecule has 1 N–H and O–H groups in total. The van der Waals surface area contributed by atoms with E-state index in [9.17, 15) is 0 Å². The maximum absolute atomic E-state index is 5.85. The van der Waals surface area contributed by atoms with Crippen LogP contribution in [-0.2, 0) is 6.54 Å². The van der Waals surface area contributed by atoms with Crippen LogP contribution in [0.4, 0.5) is 0 Å². The summed E-state index contributed by atoms with van der Waals surface area (Å²) in [5.74, 6) is 2.77. The van der Waals surface area contributed by atoms with E-state index < -0.39 is 0 Å². The standard InChI is InChI=1S/C19H31NO/c1-15-5-7-16(8-6-15)13-20-14-17-9-11-18(12-10-17)21-19(2,3)4/h9-12,15-16,20H,5-8,13-14H2,1-4H3. The van der Waals surface area contributed by atoms with Crippen molar-refractivity contribution >= 4 is 0 Å². The lowest BCUT2D eigenvalue weighted by Gasteiger charge is -2.26. The van der Waals surface area contributed by atoms with E-state index in [1.165, 1.54) is 31.2 Å². The van der Waals surface area contributed by atoms with Gasteiger partial charge < -0.3 is 10.1 Å². The summed E-state index contributed by atoms with van der Waals surface area (Å²) in [7, 11) is 0. The summed E-state index contributed by atoms with van der Waals surface area (Å²) in [5, 5.41) is 3.61. The van der Waals surface area contributed by atoms with Gasteiger partial charge in [-0.2, -0.15) is 0 Å². The van der Waals surface area contributed by atoms with Gasteiger partial charge in [-0.15, -0.1) is 0 Å². The van der Waals surface area contributed by atoms with Gasteiger partial charge in [-0.25, -0.2) is 0 Å². The van der Waals surface area contributed by atoms with Gasteiger partial charge in [0.05, 0.1) is 0 Å². The molecule has 0 aliphatic heterocycles. The van der Waals surface area contributed by atoms with Crippen LogP contribution in [0.2, 0.25) is 0 Å². The van der Waals surface area contributed by atoms with E-state index in [-0.39, 0.29) is 5.60 Å². The molecular formula is C19H31NO. The third kappa shape index (κ3) is 6.09. The van der Waals surface area contributed by atoms with E-state index in [0.717, 1.165) is 30.7 Å². The molecule has 1 aromatic rings. The molecule has 21 heavy (non-hydrogen) atoms. The van der Waals surface area contributed by atoms with Gasteiger partial charge in [-0.1, -0.05) is 31.9 Å². The SMILES string of the molecule is CC1CCC(CNCc2ccc(OC(C)(C)C)cc2)CC1. The number of rotatable bonds is 5. The molecular weight excluding hydrogens is 258 g/mol. The minimum Gasteiger partial charge on any atom is -0.488 e. The van der Waals surface area contributed by atoms with Gasteiger partial charge >= 0.3 is 0 Å². The number of hydrogen-bond acceptors (Lipinski definition) is 2. The molecule has 1 aliphatic carbocycles. The van der Waals surface area contributed by atoms with Crippen LogP contribution in [0.3, 0.4) is 0 Å². The molecule has 2 nitrogen and oxygen atoms in total. The molecule has 0 radical (unpaired) electrons. The van der Waals surface area contributed by atoms with Crippen molar-refractivity contribution < 1.29 is 4.74 Å². The Morgan fingerprint density at radius 3 is 2.24 bits per heavy atom. The molecule has 0 unspecified atom stereocenters. The molecule has 1 fully saturated rings. The largest absolute Gasteiger partial charge is 0.488 e. The summed E-state index contributed by atoms with van der Waals surface area (Å²) in [6.45, 7) is 10.7. The Balaban J connectivity index is 1.71. The average Bonchev–Trinajstić information content (AvgIpc) is 2.41. The minimum absolute atomic E-state index is 0.127. The van der Waals surface area contributed by atoms with Crippen LogP contribution in [-0.4, -0.2) is 12.1 Å². The Kier molecular flexibility index (Phi) is 5.69. The van der Waals surface area contributed by atoms with E-state index in [1.54, 1.807) is 0 Å². The number of ether oxygens (including phenoxy) is 1. The van der Waals surface area contributed by atoms with Crippen LogP contribution in [0.5, 0.6) is 5.75 Å². The second-order valence-electron chi connectivity index (χ2n) is 7.62. The summed E-state index contributed by atoms with van der Waals surface area (Å²) >= 11 is 0. The molecule has 2 rings (SSSR count). The summed E-state index contributed by atoms with van der Waals surface area (Å²) in [6.07, 6.45) is 5.61. The van der Waals surface area contributed by atoms with E-state index >= 15 is 0 Å². The predicted octanol–water partition coefficient (Wildman–Crippen LogP) is 4.78. The van der Waals surface area contributed by atoms with Gasteiger partial charge in [-0.05, 0) is 69.7 Å².